The quantitative estimate of drug-likeness (QED) is 0.910. The Morgan fingerprint density at radius 3 is 2.82 bits per heavy atom. The van der Waals surface area contributed by atoms with Crippen molar-refractivity contribution >= 4 is 43.0 Å². The lowest BCUT2D eigenvalue weighted by Crippen LogP contribution is -2.30. The van der Waals surface area contributed by atoms with E-state index in [9.17, 15) is 13.2 Å². The van der Waals surface area contributed by atoms with Gasteiger partial charge in [-0.3, -0.25) is 4.79 Å². The van der Waals surface area contributed by atoms with Crippen molar-refractivity contribution in [1.29, 1.82) is 0 Å². The van der Waals surface area contributed by atoms with Gasteiger partial charge < -0.3 is 5.32 Å². The summed E-state index contributed by atoms with van der Waals surface area (Å²) in [7, 11) is -2.99. The molecule has 0 saturated carbocycles. The molecule has 0 spiro atoms. The van der Waals surface area contributed by atoms with Crippen molar-refractivity contribution in [3.05, 3.63) is 20.8 Å². The van der Waals surface area contributed by atoms with E-state index in [-0.39, 0.29) is 23.3 Å². The van der Waals surface area contributed by atoms with Crippen molar-refractivity contribution in [3.63, 3.8) is 0 Å². The van der Waals surface area contributed by atoms with Crippen LogP contribution in [0.1, 0.15) is 11.3 Å². The minimum Gasteiger partial charge on any atom is -0.351 e. The number of sulfone groups is 1. The number of thiophene rings is 1. The average molecular weight is 338 g/mol. The standard InChI is InChI=1S/C10H12BrNO3S2/c11-9-2-1-8(16-9)5-12-10(13)7-3-4-17(14,15)6-7/h1-2,7H,3-6H2,(H,12,13). The zero-order chi connectivity index (χ0) is 12.5. The van der Waals surface area contributed by atoms with E-state index in [1.165, 1.54) is 0 Å². The van der Waals surface area contributed by atoms with Crippen LogP contribution in [-0.4, -0.2) is 25.8 Å². The van der Waals surface area contributed by atoms with Crippen molar-refractivity contribution in [2.75, 3.05) is 11.5 Å². The number of nitrogens with one attached hydrogen (secondary N) is 1. The van der Waals surface area contributed by atoms with Gasteiger partial charge in [-0.25, -0.2) is 8.42 Å². The third-order valence-corrected chi connectivity index (χ3v) is 6.06. The van der Waals surface area contributed by atoms with E-state index in [1.54, 1.807) is 11.3 Å². The second-order valence-electron chi connectivity index (χ2n) is 4.02. The minimum atomic E-state index is -2.99. The molecule has 0 aromatic carbocycles. The summed E-state index contributed by atoms with van der Waals surface area (Å²) >= 11 is 4.90. The molecule has 1 saturated heterocycles. The zero-order valence-corrected chi connectivity index (χ0v) is 12.2. The third-order valence-electron chi connectivity index (χ3n) is 2.67. The fourth-order valence-electron chi connectivity index (χ4n) is 1.77. The molecule has 0 radical (unpaired) electrons. The van der Waals surface area contributed by atoms with E-state index in [1.807, 2.05) is 12.1 Å². The van der Waals surface area contributed by atoms with Crippen LogP contribution < -0.4 is 5.32 Å². The van der Waals surface area contributed by atoms with Crippen LogP contribution >= 0.6 is 27.3 Å². The van der Waals surface area contributed by atoms with Gasteiger partial charge in [0, 0.05) is 4.88 Å². The molecule has 1 unspecified atom stereocenters. The van der Waals surface area contributed by atoms with Crippen LogP contribution in [0.25, 0.3) is 0 Å². The molecule has 17 heavy (non-hydrogen) atoms. The summed E-state index contributed by atoms with van der Waals surface area (Å²) in [5.41, 5.74) is 0. The second-order valence-corrected chi connectivity index (χ2v) is 8.80. The molecule has 1 aromatic rings. The predicted molar refractivity (Wildman–Crippen MR) is 70.6 cm³/mol. The molecule has 1 fully saturated rings. The van der Waals surface area contributed by atoms with Crippen LogP contribution in [0.5, 0.6) is 0 Å². The highest BCUT2D eigenvalue weighted by Crippen LogP contribution is 2.22. The zero-order valence-electron chi connectivity index (χ0n) is 8.98. The highest BCUT2D eigenvalue weighted by atomic mass is 79.9. The first-order valence-corrected chi connectivity index (χ1v) is 8.62. The van der Waals surface area contributed by atoms with Crippen LogP contribution in [0.4, 0.5) is 0 Å². The van der Waals surface area contributed by atoms with Crippen LogP contribution in [0.3, 0.4) is 0 Å². The van der Waals surface area contributed by atoms with Gasteiger partial charge >= 0.3 is 0 Å². The fourth-order valence-corrected chi connectivity index (χ4v) is 4.93. The molecular weight excluding hydrogens is 326 g/mol. The smallest absolute Gasteiger partial charge is 0.224 e. The maximum Gasteiger partial charge on any atom is 0.224 e. The molecule has 1 amide bonds. The summed E-state index contributed by atoms with van der Waals surface area (Å²) in [6, 6.07) is 3.85. The maximum absolute atomic E-state index is 11.7. The minimum absolute atomic E-state index is 0.00698. The van der Waals surface area contributed by atoms with Crippen LogP contribution in [0.2, 0.25) is 0 Å². The fraction of sp³-hybridized carbons (Fsp3) is 0.500. The molecule has 0 aliphatic carbocycles. The monoisotopic (exact) mass is 337 g/mol. The van der Waals surface area contributed by atoms with Gasteiger partial charge in [-0.2, -0.15) is 0 Å². The molecule has 7 heteroatoms. The highest BCUT2D eigenvalue weighted by molar-refractivity contribution is 9.11. The maximum atomic E-state index is 11.7. The second kappa shape index (κ2) is 5.07. The first-order valence-electron chi connectivity index (χ1n) is 5.19. The number of halogens is 1. The topological polar surface area (TPSA) is 63.2 Å². The lowest BCUT2D eigenvalue weighted by molar-refractivity contribution is -0.124. The summed E-state index contributed by atoms with van der Waals surface area (Å²) in [4.78, 5) is 12.8. The van der Waals surface area contributed by atoms with Gasteiger partial charge in [0.25, 0.3) is 0 Å². The van der Waals surface area contributed by atoms with Gasteiger partial charge in [0.1, 0.15) is 0 Å². The number of carbonyl (C=O) groups is 1. The Balaban J connectivity index is 1.86. The lowest BCUT2D eigenvalue weighted by atomic mass is 10.1. The highest BCUT2D eigenvalue weighted by Gasteiger charge is 2.32. The Morgan fingerprint density at radius 2 is 2.29 bits per heavy atom. The summed E-state index contributed by atoms with van der Waals surface area (Å²) < 4.78 is 23.5. The summed E-state index contributed by atoms with van der Waals surface area (Å²) in [6.45, 7) is 0.464. The Morgan fingerprint density at radius 1 is 1.53 bits per heavy atom. The van der Waals surface area contributed by atoms with E-state index >= 15 is 0 Å². The van der Waals surface area contributed by atoms with Gasteiger partial charge in [0.15, 0.2) is 9.84 Å². The van der Waals surface area contributed by atoms with E-state index in [2.05, 4.69) is 21.2 Å². The van der Waals surface area contributed by atoms with E-state index in [0.29, 0.717) is 13.0 Å². The molecule has 1 aliphatic rings. The van der Waals surface area contributed by atoms with Crippen LogP contribution in [-0.2, 0) is 21.2 Å². The van der Waals surface area contributed by atoms with Gasteiger partial charge in [-0.05, 0) is 34.5 Å². The number of hydrogen-bond donors (Lipinski definition) is 1. The Kier molecular flexibility index (Phi) is 3.89. The largest absolute Gasteiger partial charge is 0.351 e. The van der Waals surface area contributed by atoms with Crippen molar-refractivity contribution in [2.45, 2.75) is 13.0 Å². The van der Waals surface area contributed by atoms with E-state index in [0.717, 1.165) is 8.66 Å². The van der Waals surface area contributed by atoms with E-state index in [4.69, 9.17) is 0 Å². The molecule has 4 nitrogen and oxygen atoms in total. The Bertz CT molecular complexity index is 523. The first kappa shape index (κ1) is 13.0. The molecule has 1 atom stereocenters. The van der Waals surface area contributed by atoms with Gasteiger partial charge in [-0.15, -0.1) is 11.3 Å². The normalized spacial score (nSPS) is 22.5. The number of hydrogen-bond acceptors (Lipinski definition) is 4. The average Bonchev–Trinajstić information content (AvgIpc) is 2.81. The molecule has 1 aromatic heterocycles. The van der Waals surface area contributed by atoms with Crippen molar-refractivity contribution in [1.82, 2.24) is 5.32 Å². The van der Waals surface area contributed by atoms with Crippen molar-refractivity contribution in [3.8, 4) is 0 Å². The lowest BCUT2D eigenvalue weighted by Gasteiger charge is -2.07. The van der Waals surface area contributed by atoms with Crippen molar-refractivity contribution < 1.29 is 13.2 Å². The third kappa shape index (κ3) is 3.53. The number of rotatable bonds is 3. The van der Waals surface area contributed by atoms with Gasteiger partial charge in [0.05, 0.1) is 27.8 Å². The number of carbonyl (C=O) groups excluding carboxylic acids is 1. The van der Waals surface area contributed by atoms with E-state index < -0.39 is 9.84 Å². The summed E-state index contributed by atoms with van der Waals surface area (Å²) in [6.07, 6.45) is 0.447. The Labute approximate surface area is 112 Å². The summed E-state index contributed by atoms with van der Waals surface area (Å²) in [5, 5.41) is 2.78. The molecular formula is C10H12BrNO3S2. The molecule has 94 valence electrons. The molecule has 1 aliphatic heterocycles. The van der Waals surface area contributed by atoms with Crippen LogP contribution in [0, 0.1) is 5.92 Å². The number of amides is 1. The van der Waals surface area contributed by atoms with Gasteiger partial charge in [-0.1, -0.05) is 0 Å². The predicted octanol–water partition coefficient (Wildman–Crippen LogP) is 1.56. The van der Waals surface area contributed by atoms with Crippen LogP contribution in [0.15, 0.2) is 15.9 Å². The van der Waals surface area contributed by atoms with Gasteiger partial charge in [0.2, 0.25) is 5.91 Å². The molecule has 0 bridgehead atoms. The molecule has 2 rings (SSSR count). The summed E-state index contributed by atoms with van der Waals surface area (Å²) in [5.74, 6) is -0.401. The first-order chi connectivity index (χ1) is 7.96. The molecule has 2 heterocycles. The molecule has 1 N–H and O–H groups in total. The Hall–Kier alpha value is -0.400. The SMILES string of the molecule is O=C(NCc1ccc(Br)s1)C1CCS(=O)(=O)C1. The van der Waals surface area contributed by atoms with Crippen molar-refractivity contribution in [2.24, 2.45) is 5.92 Å².